The number of aryl methyl sites for hydroxylation is 2. The van der Waals surface area contributed by atoms with Crippen LogP contribution >= 0.6 is 11.6 Å². The third-order valence-corrected chi connectivity index (χ3v) is 3.38. The number of hydrogen-bond donors (Lipinski definition) is 0. The van der Waals surface area contributed by atoms with Crippen LogP contribution in [-0.2, 0) is 18.7 Å². The molecule has 1 aromatic heterocycles. The summed E-state index contributed by atoms with van der Waals surface area (Å²) in [5.41, 5.74) is 4.65. The van der Waals surface area contributed by atoms with E-state index in [1.165, 1.54) is 11.1 Å². The van der Waals surface area contributed by atoms with E-state index in [4.69, 9.17) is 11.6 Å². The zero-order valence-electron chi connectivity index (χ0n) is 10.8. The third-order valence-electron chi connectivity index (χ3n) is 3.09. The number of aromatic nitrogens is 2. The minimum absolute atomic E-state index is 0.480. The first-order chi connectivity index (χ1) is 8.74. The van der Waals surface area contributed by atoms with Gasteiger partial charge in [-0.3, -0.25) is 0 Å². The smallest absolute Gasteiger partial charge is 0.132 e. The van der Waals surface area contributed by atoms with Gasteiger partial charge in [0.25, 0.3) is 0 Å². The Morgan fingerprint density at radius 2 is 1.94 bits per heavy atom. The second-order valence-electron chi connectivity index (χ2n) is 4.35. The quantitative estimate of drug-likeness (QED) is 0.784. The molecule has 18 heavy (non-hydrogen) atoms. The normalized spacial score (nSPS) is 10.6. The fourth-order valence-electron chi connectivity index (χ4n) is 1.97. The van der Waals surface area contributed by atoms with E-state index < -0.39 is 0 Å². The first-order valence-electron chi connectivity index (χ1n) is 6.18. The van der Waals surface area contributed by atoms with Crippen LogP contribution in [0, 0.1) is 6.92 Å². The van der Waals surface area contributed by atoms with Crippen LogP contribution < -0.4 is 0 Å². The largest absolute Gasteiger partial charge is 0.241 e. The minimum Gasteiger partial charge on any atom is -0.241 e. The molecule has 1 aromatic carbocycles. The van der Waals surface area contributed by atoms with E-state index in [0.717, 1.165) is 29.9 Å². The van der Waals surface area contributed by atoms with E-state index in [-0.39, 0.29) is 0 Å². The topological polar surface area (TPSA) is 25.8 Å². The van der Waals surface area contributed by atoms with Crippen molar-refractivity contribution in [2.75, 3.05) is 0 Å². The van der Waals surface area contributed by atoms with Crippen molar-refractivity contribution in [3.05, 3.63) is 58.7 Å². The number of hydrogen-bond acceptors (Lipinski definition) is 2. The third kappa shape index (κ3) is 2.88. The van der Waals surface area contributed by atoms with Crippen molar-refractivity contribution < 1.29 is 0 Å². The summed E-state index contributed by atoms with van der Waals surface area (Å²) in [7, 11) is 0. The molecule has 0 bridgehead atoms. The van der Waals surface area contributed by atoms with Crippen LogP contribution in [0.25, 0.3) is 0 Å². The summed E-state index contributed by atoms with van der Waals surface area (Å²) in [5.74, 6) is 1.35. The van der Waals surface area contributed by atoms with Crippen LogP contribution in [0.1, 0.15) is 35.1 Å². The van der Waals surface area contributed by atoms with Crippen molar-refractivity contribution in [2.24, 2.45) is 0 Å². The second-order valence-corrected chi connectivity index (χ2v) is 4.62. The fraction of sp³-hybridized carbons (Fsp3) is 0.333. The van der Waals surface area contributed by atoms with Gasteiger partial charge in [-0.1, -0.05) is 31.2 Å². The highest BCUT2D eigenvalue weighted by atomic mass is 35.5. The van der Waals surface area contributed by atoms with E-state index in [2.05, 4.69) is 42.0 Å². The minimum atomic E-state index is 0.480. The van der Waals surface area contributed by atoms with Gasteiger partial charge in [0.15, 0.2) is 0 Å². The van der Waals surface area contributed by atoms with Crippen molar-refractivity contribution in [1.29, 1.82) is 0 Å². The molecular formula is C15H17ClN2. The van der Waals surface area contributed by atoms with Crippen LogP contribution in [0.5, 0.6) is 0 Å². The Kier molecular flexibility index (Phi) is 4.32. The van der Waals surface area contributed by atoms with Gasteiger partial charge in [0, 0.05) is 23.9 Å². The Hall–Kier alpha value is -1.41. The van der Waals surface area contributed by atoms with Crippen molar-refractivity contribution in [3.8, 4) is 0 Å². The summed E-state index contributed by atoms with van der Waals surface area (Å²) in [6.45, 7) is 4.21. The molecule has 2 nitrogen and oxygen atoms in total. The van der Waals surface area contributed by atoms with E-state index in [0.29, 0.717) is 5.88 Å². The number of halogens is 1. The molecule has 94 valence electrons. The summed E-state index contributed by atoms with van der Waals surface area (Å²) in [5, 5.41) is 0. The molecule has 0 aliphatic rings. The molecule has 0 aliphatic heterocycles. The number of rotatable bonds is 4. The highest BCUT2D eigenvalue weighted by Crippen LogP contribution is 2.14. The van der Waals surface area contributed by atoms with Crippen LogP contribution in [0.4, 0.5) is 0 Å². The lowest BCUT2D eigenvalue weighted by molar-refractivity contribution is 0.881. The Balaban J connectivity index is 2.27. The van der Waals surface area contributed by atoms with E-state index >= 15 is 0 Å². The maximum absolute atomic E-state index is 5.87. The van der Waals surface area contributed by atoms with Gasteiger partial charge in [0.2, 0.25) is 0 Å². The SMILES string of the molecule is CCc1nc(Cc2ccccc2C)ncc1CCl. The molecule has 2 aromatic rings. The molecule has 2 rings (SSSR count). The Labute approximate surface area is 113 Å². The second kappa shape index (κ2) is 5.96. The van der Waals surface area contributed by atoms with Crippen LogP contribution in [-0.4, -0.2) is 9.97 Å². The van der Waals surface area contributed by atoms with Gasteiger partial charge in [0.1, 0.15) is 5.82 Å². The predicted molar refractivity (Wildman–Crippen MR) is 75.0 cm³/mol. The fourth-order valence-corrected chi connectivity index (χ4v) is 2.19. The molecule has 0 radical (unpaired) electrons. The molecule has 0 N–H and O–H groups in total. The summed E-state index contributed by atoms with van der Waals surface area (Å²) in [6.07, 6.45) is 3.53. The highest BCUT2D eigenvalue weighted by molar-refractivity contribution is 6.17. The molecule has 0 amide bonds. The van der Waals surface area contributed by atoms with Gasteiger partial charge in [0.05, 0.1) is 5.88 Å². The molecule has 0 saturated heterocycles. The zero-order chi connectivity index (χ0) is 13.0. The molecule has 0 saturated carbocycles. The number of benzene rings is 1. The molecule has 3 heteroatoms. The molecule has 1 heterocycles. The van der Waals surface area contributed by atoms with E-state index in [9.17, 15) is 0 Å². The summed E-state index contributed by atoms with van der Waals surface area (Å²) >= 11 is 5.87. The van der Waals surface area contributed by atoms with Crippen LogP contribution in [0.15, 0.2) is 30.5 Å². The average molecular weight is 261 g/mol. The van der Waals surface area contributed by atoms with Crippen molar-refractivity contribution in [1.82, 2.24) is 9.97 Å². The maximum atomic E-state index is 5.87. The van der Waals surface area contributed by atoms with Gasteiger partial charge >= 0.3 is 0 Å². The van der Waals surface area contributed by atoms with E-state index in [1.54, 1.807) is 0 Å². The lowest BCUT2D eigenvalue weighted by Gasteiger charge is -2.08. The van der Waals surface area contributed by atoms with Gasteiger partial charge < -0.3 is 0 Å². The Morgan fingerprint density at radius 1 is 1.17 bits per heavy atom. The Morgan fingerprint density at radius 3 is 2.61 bits per heavy atom. The highest BCUT2D eigenvalue weighted by Gasteiger charge is 2.06. The van der Waals surface area contributed by atoms with Crippen LogP contribution in [0.2, 0.25) is 0 Å². The van der Waals surface area contributed by atoms with Crippen LogP contribution in [0.3, 0.4) is 0 Å². The van der Waals surface area contributed by atoms with Gasteiger partial charge in [-0.15, -0.1) is 11.6 Å². The lowest BCUT2D eigenvalue weighted by Crippen LogP contribution is -2.04. The van der Waals surface area contributed by atoms with Gasteiger partial charge in [-0.05, 0) is 24.5 Å². The Bertz CT molecular complexity index is 538. The van der Waals surface area contributed by atoms with E-state index in [1.807, 2.05) is 12.3 Å². The van der Waals surface area contributed by atoms with Crippen molar-refractivity contribution >= 4 is 11.6 Å². The van der Waals surface area contributed by atoms with Crippen molar-refractivity contribution in [2.45, 2.75) is 32.6 Å². The molecular weight excluding hydrogens is 244 g/mol. The maximum Gasteiger partial charge on any atom is 0.132 e. The molecule has 0 aliphatic carbocycles. The molecule has 0 atom stereocenters. The standard InChI is InChI=1S/C15H17ClN2/c1-3-14-13(9-16)10-17-15(18-14)8-12-7-5-4-6-11(12)2/h4-7,10H,3,8-9H2,1-2H3. The summed E-state index contributed by atoms with van der Waals surface area (Å²) in [6, 6.07) is 8.34. The average Bonchev–Trinajstić information content (AvgIpc) is 2.41. The molecule has 0 spiro atoms. The summed E-state index contributed by atoms with van der Waals surface area (Å²) < 4.78 is 0. The summed E-state index contributed by atoms with van der Waals surface area (Å²) in [4.78, 5) is 9.00. The van der Waals surface area contributed by atoms with Gasteiger partial charge in [-0.2, -0.15) is 0 Å². The lowest BCUT2D eigenvalue weighted by atomic mass is 10.1. The van der Waals surface area contributed by atoms with Gasteiger partial charge in [-0.25, -0.2) is 9.97 Å². The first-order valence-corrected chi connectivity index (χ1v) is 6.72. The molecule has 0 unspecified atom stereocenters. The zero-order valence-corrected chi connectivity index (χ0v) is 11.5. The first kappa shape index (κ1) is 13.0. The predicted octanol–water partition coefficient (Wildman–Crippen LogP) is 3.68. The van der Waals surface area contributed by atoms with Crippen molar-refractivity contribution in [3.63, 3.8) is 0 Å². The number of nitrogens with zero attached hydrogens (tertiary/aromatic N) is 2. The monoisotopic (exact) mass is 260 g/mol. The molecule has 0 fully saturated rings. The number of alkyl halides is 1.